The van der Waals surface area contributed by atoms with Gasteiger partial charge >= 0.3 is 6.18 Å². The van der Waals surface area contributed by atoms with Crippen LogP contribution in [0.1, 0.15) is 31.4 Å². The van der Waals surface area contributed by atoms with Crippen molar-refractivity contribution >= 4 is 27.5 Å². The van der Waals surface area contributed by atoms with Gasteiger partial charge in [0.15, 0.2) is 0 Å². The highest BCUT2D eigenvalue weighted by Crippen LogP contribution is 2.33. The van der Waals surface area contributed by atoms with E-state index in [1.807, 2.05) is 0 Å². The first-order valence-electron chi connectivity index (χ1n) is 12.9. The molecule has 0 spiro atoms. The Labute approximate surface area is 237 Å². The van der Waals surface area contributed by atoms with E-state index in [4.69, 9.17) is 4.74 Å². The number of halogens is 3. The third-order valence-corrected chi connectivity index (χ3v) is 8.08. The van der Waals surface area contributed by atoms with Crippen molar-refractivity contribution in [2.75, 3.05) is 24.5 Å². The van der Waals surface area contributed by atoms with Crippen LogP contribution in [0.5, 0.6) is 5.75 Å². The fourth-order valence-electron chi connectivity index (χ4n) is 4.26. The lowest BCUT2D eigenvalue weighted by molar-refractivity contribution is -0.140. The number of methoxy groups -OCH3 is 1. The van der Waals surface area contributed by atoms with E-state index in [1.165, 1.54) is 42.3 Å². The van der Waals surface area contributed by atoms with Gasteiger partial charge in [-0.15, -0.1) is 0 Å². The Hall–Kier alpha value is -4.06. The third-order valence-electron chi connectivity index (χ3n) is 6.30. The van der Waals surface area contributed by atoms with Gasteiger partial charge in [0.25, 0.3) is 10.0 Å². The molecule has 1 N–H and O–H groups in total. The minimum absolute atomic E-state index is 0.0759. The van der Waals surface area contributed by atoms with Crippen molar-refractivity contribution in [1.82, 2.24) is 10.2 Å². The zero-order valence-corrected chi connectivity index (χ0v) is 23.7. The van der Waals surface area contributed by atoms with E-state index in [9.17, 15) is 31.2 Å². The lowest BCUT2D eigenvalue weighted by Crippen LogP contribution is -2.52. The smallest absolute Gasteiger partial charge is 0.416 e. The molecule has 3 aromatic rings. The van der Waals surface area contributed by atoms with Crippen LogP contribution in [0.2, 0.25) is 0 Å². The molecular weight excluding hydrogens is 559 g/mol. The molecule has 0 aliphatic rings. The first kappa shape index (κ1) is 31.5. The monoisotopic (exact) mass is 591 g/mol. The van der Waals surface area contributed by atoms with Gasteiger partial charge in [-0.1, -0.05) is 43.3 Å². The van der Waals surface area contributed by atoms with Crippen LogP contribution in [-0.4, -0.2) is 51.4 Å². The van der Waals surface area contributed by atoms with Crippen LogP contribution in [-0.2, 0) is 32.3 Å². The van der Waals surface area contributed by atoms with Crippen molar-refractivity contribution in [3.63, 3.8) is 0 Å². The number of likely N-dealkylation sites (N-methyl/N-ethyl adjacent to an activating group) is 1. The van der Waals surface area contributed by atoms with Gasteiger partial charge in [-0.25, -0.2) is 8.42 Å². The van der Waals surface area contributed by atoms with E-state index in [-0.39, 0.29) is 23.5 Å². The predicted octanol–water partition coefficient (Wildman–Crippen LogP) is 4.85. The van der Waals surface area contributed by atoms with E-state index in [0.717, 1.165) is 12.1 Å². The number of nitrogens with zero attached hydrogens (tertiary/aromatic N) is 2. The largest absolute Gasteiger partial charge is 0.497 e. The molecule has 220 valence electrons. The molecule has 0 aliphatic carbocycles. The standard InChI is InChI=1S/C29H32F3N3O5S/c1-4-26(28(37)33-5-2)34(19-21-11-9-14-24(17-21)40-3)27(36)20-35(41(38,39)25-15-7-6-8-16-25)23-13-10-12-22(18-23)29(30,31)32/h6-18,26H,4-5,19-20H2,1-3H3,(H,33,37)/t26-/m1/s1. The summed E-state index contributed by atoms with van der Waals surface area (Å²) in [7, 11) is -3.01. The van der Waals surface area contributed by atoms with Gasteiger partial charge in [0.2, 0.25) is 11.8 Å². The summed E-state index contributed by atoms with van der Waals surface area (Å²) in [6.45, 7) is 2.80. The number of hydrogen-bond acceptors (Lipinski definition) is 5. The Morgan fingerprint density at radius 2 is 1.63 bits per heavy atom. The number of ether oxygens (including phenoxy) is 1. The minimum atomic E-state index is -4.74. The molecule has 2 amide bonds. The van der Waals surface area contributed by atoms with Gasteiger partial charge in [0.1, 0.15) is 18.3 Å². The van der Waals surface area contributed by atoms with E-state index in [2.05, 4.69) is 5.32 Å². The Morgan fingerprint density at radius 1 is 0.951 bits per heavy atom. The molecule has 12 heteroatoms. The molecule has 8 nitrogen and oxygen atoms in total. The van der Waals surface area contributed by atoms with Gasteiger partial charge < -0.3 is 15.0 Å². The maximum Gasteiger partial charge on any atom is 0.416 e. The molecule has 3 aromatic carbocycles. The van der Waals surface area contributed by atoms with Gasteiger partial charge in [0.05, 0.1) is 23.3 Å². The number of anilines is 1. The molecule has 41 heavy (non-hydrogen) atoms. The zero-order valence-electron chi connectivity index (χ0n) is 22.9. The van der Waals surface area contributed by atoms with Crippen molar-refractivity contribution in [3.05, 3.63) is 90.0 Å². The molecule has 1 atom stereocenters. The molecule has 0 radical (unpaired) electrons. The molecule has 0 fully saturated rings. The number of rotatable bonds is 12. The summed E-state index contributed by atoms with van der Waals surface area (Å²) in [5.41, 5.74) is -0.806. The molecular formula is C29H32F3N3O5S. The van der Waals surface area contributed by atoms with Crippen molar-refractivity contribution in [1.29, 1.82) is 0 Å². The number of alkyl halides is 3. The average molecular weight is 592 g/mol. The van der Waals surface area contributed by atoms with Gasteiger partial charge in [-0.2, -0.15) is 13.2 Å². The molecule has 0 unspecified atom stereocenters. The highest BCUT2D eigenvalue weighted by Gasteiger charge is 2.35. The molecule has 0 saturated carbocycles. The van der Waals surface area contributed by atoms with Crippen LogP contribution in [0.4, 0.5) is 18.9 Å². The quantitative estimate of drug-likeness (QED) is 0.325. The number of nitrogens with one attached hydrogen (secondary N) is 1. The maximum absolute atomic E-state index is 13.9. The fraction of sp³-hybridized carbons (Fsp3) is 0.310. The number of amides is 2. The molecule has 0 aromatic heterocycles. The van der Waals surface area contributed by atoms with E-state index in [1.54, 1.807) is 44.2 Å². The Balaban J connectivity index is 2.11. The number of carbonyl (C=O) groups excluding carboxylic acids is 2. The van der Waals surface area contributed by atoms with E-state index < -0.39 is 46.2 Å². The van der Waals surface area contributed by atoms with Crippen molar-refractivity contribution in [2.45, 2.75) is 43.9 Å². The van der Waals surface area contributed by atoms with Gasteiger partial charge in [-0.05, 0) is 61.4 Å². The Bertz CT molecular complexity index is 1450. The topological polar surface area (TPSA) is 96.0 Å². The molecule has 3 rings (SSSR count). The molecule has 0 bridgehead atoms. The fourth-order valence-corrected chi connectivity index (χ4v) is 5.69. The second-order valence-electron chi connectivity index (χ2n) is 9.06. The summed E-state index contributed by atoms with van der Waals surface area (Å²) in [5.74, 6) is -0.705. The van der Waals surface area contributed by atoms with Crippen LogP contribution >= 0.6 is 0 Å². The second kappa shape index (κ2) is 13.5. The first-order valence-corrected chi connectivity index (χ1v) is 14.3. The summed E-state index contributed by atoms with van der Waals surface area (Å²) in [4.78, 5) is 27.9. The van der Waals surface area contributed by atoms with E-state index in [0.29, 0.717) is 28.2 Å². The summed E-state index contributed by atoms with van der Waals surface area (Å²) < 4.78 is 74.1. The van der Waals surface area contributed by atoms with Crippen LogP contribution in [0.3, 0.4) is 0 Å². The Morgan fingerprint density at radius 3 is 2.24 bits per heavy atom. The summed E-state index contributed by atoms with van der Waals surface area (Å²) >= 11 is 0. The number of hydrogen-bond donors (Lipinski definition) is 1. The van der Waals surface area contributed by atoms with Gasteiger partial charge in [0, 0.05) is 13.1 Å². The number of benzene rings is 3. The highest BCUT2D eigenvalue weighted by atomic mass is 32.2. The van der Waals surface area contributed by atoms with Crippen molar-refractivity contribution in [3.8, 4) is 5.75 Å². The van der Waals surface area contributed by atoms with Gasteiger partial charge in [-0.3, -0.25) is 13.9 Å². The zero-order chi connectivity index (χ0) is 30.2. The van der Waals surface area contributed by atoms with Crippen LogP contribution in [0.15, 0.2) is 83.8 Å². The summed E-state index contributed by atoms with van der Waals surface area (Å²) in [6.07, 6.45) is -4.54. The Kier molecular flexibility index (Phi) is 10.4. The summed E-state index contributed by atoms with van der Waals surface area (Å²) in [6, 6.07) is 16.7. The highest BCUT2D eigenvalue weighted by molar-refractivity contribution is 7.92. The minimum Gasteiger partial charge on any atom is -0.497 e. The first-order chi connectivity index (χ1) is 19.4. The molecule has 0 saturated heterocycles. The van der Waals surface area contributed by atoms with Crippen LogP contribution < -0.4 is 14.4 Å². The molecule has 0 heterocycles. The third kappa shape index (κ3) is 7.78. The van der Waals surface area contributed by atoms with Crippen molar-refractivity contribution in [2.24, 2.45) is 0 Å². The lowest BCUT2D eigenvalue weighted by atomic mass is 10.1. The van der Waals surface area contributed by atoms with Crippen LogP contribution in [0.25, 0.3) is 0 Å². The molecule has 0 aliphatic heterocycles. The maximum atomic E-state index is 13.9. The van der Waals surface area contributed by atoms with Crippen molar-refractivity contribution < 1.29 is 35.9 Å². The van der Waals surface area contributed by atoms with E-state index >= 15 is 0 Å². The number of carbonyl (C=O) groups is 2. The lowest BCUT2D eigenvalue weighted by Gasteiger charge is -2.33. The summed E-state index contributed by atoms with van der Waals surface area (Å²) in [5, 5.41) is 2.69. The average Bonchev–Trinajstić information content (AvgIpc) is 2.96. The predicted molar refractivity (Wildman–Crippen MR) is 149 cm³/mol. The normalized spacial score (nSPS) is 12.3. The SMILES string of the molecule is CCNC(=O)[C@@H](CC)N(Cc1cccc(OC)c1)C(=O)CN(c1cccc(C(F)(F)F)c1)S(=O)(=O)c1ccccc1. The van der Waals surface area contributed by atoms with Crippen LogP contribution in [0, 0.1) is 0 Å². The second-order valence-corrected chi connectivity index (χ2v) is 10.9. The number of sulfonamides is 1.